The number of amides is 1. The Hall–Kier alpha value is -2.97. The van der Waals surface area contributed by atoms with Crippen LogP contribution < -0.4 is 21.6 Å². The van der Waals surface area contributed by atoms with Crippen molar-refractivity contribution in [1.29, 1.82) is 0 Å². The number of carbonyl (C=O) groups excluding carboxylic acids is 2. The predicted octanol–water partition coefficient (Wildman–Crippen LogP) is 3.94. The summed E-state index contributed by atoms with van der Waals surface area (Å²) >= 11 is 0. The van der Waals surface area contributed by atoms with E-state index in [1.165, 1.54) is 15.9 Å². The maximum absolute atomic E-state index is 12.0. The van der Waals surface area contributed by atoms with Gasteiger partial charge in [0.15, 0.2) is 0 Å². The summed E-state index contributed by atoms with van der Waals surface area (Å²) in [5.74, 6) is -1.17. The molecule has 0 bridgehead atoms. The van der Waals surface area contributed by atoms with Gasteiger partial charge in [-0.25, -0.2) is 0 Å². The van der Waals surface area contributed by atoms with Crippen molar-refractivity contribution in [2.24, 2.45) is 11.7 Å². The molecule has 5 heteroatoms. The van der Waals surface area contributed by atoms with E-state index < -0.39 is 19.1 Å². The molecular formula is C28H34NO3P. The van der Waals surface area contributed by atoms with Gasteiger partial charge in [0.2, 0.25) is 0 Å². The molecule has 0 aromatic heterocycles. The monoisotopic (exact) mass is 463 g/mol. The first-order valence-electron chi connectivity index (χ1n) is 11.7. The minimum atomic E-state index is -2.21. The van der Waals surface area contributed by atoms with Gasteiger partial charge in [-0.1, -0.05) is 0 Å². The molecule has 0 fully saturated rings. The second-order valence-electron chi connectivity index (χ2n) is 8.55. The Labute approximate surface area is 197 Å². The molecule has 3 rings (SSSR count). The van der Waals surface area contributed by atoms with E-state index in [1.807, 2.05) is 0 Å². The van der Waals surface area contributed by atoms with Crippen LogP contribution in [0.4, 0.5) is 0 Å². The average molecular weight is 464 g/mol. The Morgan fingerprint density at radius 3 is 1.64 bits per heavy atom. The van der Waals surface area contributed by atoms with E-state index in [9.17, 15) is 9.59 Å². The number of hydrogen-bond donors (Lipinski definition) is 1. The summed E-state index contributed by atoms with van der Waals surface area (Å²) in [7, 11) is -2.21. The van der Waals surface area contributed by atoms with Crippen LogP contribution in [0.25, 0.3) is 0 Å². The predicted molar refractivity (Wildman–Crippen MR) is 139 cm³/mol. The molecule has 0 aliphatic heterocycles. The Kier molecular flexibility index (Phi) is 9.21. The third-order valence-electron chi connectivity index (χ3n) is 6.21. The van der Waals surface area contributed by atoms with Crippen LogP contribution in [0.2, 0.25) is 0 Å². The third-order valence-corrected chi connectivity index (χ3v) is 11.3. The standard InChI is InChI=1S/C28H34NO3P/c1-23(28(29)31)22-32-27(30)20-12-5-13-21-33(24-14-6-2-7-15-24,25-16-8-3-9-17-25)26-18-10-4-11-19-26/h2-4,6-11,14-19,23,33H,5,12-13,20-22H2,1H3,(H2,29,31). The van der Waals surface area contributed by atoms with Gasteiger partial charge in [0.1, 0.15) is 0 Å². The van der Waals surface area contributed by atoms with Gasteiger partial charge in [-0.3, -0.25) is 0 Å². The number of esters is 1. The first kappa shape index (κ1) is 24.7. The third kappa shape index (κ3) is 6.52. The number of unbranched alkanes of at least 4 members (excludes halogenated alkanes) is 2. The molecule has 0 radical (unpaired) electrons. The van der Waals surface area contributed by atoms with E-state index in [2.05, 4.69) is 91.0 Å². The first-order chi connectivity index (χ1) is 16.0. The molecular weight excluding hydrogens is 429 g/mol. The van der Waals surface area contributed by atoms with Crippen molar-refractivity contribution >= 4 is 35.1 Å². The number of nitrogens with two attached hydrogens (primary N) is 1. The van der Waals surface area contributed by atoms with Crippen LogP contribution in [0, 0.1) is 5.92 Å². The van der Waals surface area contributed by atoms with Gasteiger partial charge in [-0.2, -0.15) is 0 Å². The molecule has 0 aliphatic carbocycles. The van der Waals surface area contributed by atoms with Crippen LogP contribution >= 0.6 is 7.26 Å². The van der Waals surface area contributed by atoms with Gasteiger partial charge >= 0.3 is 197 Å². The van der Waals surface area contributed by atoms with Crippen molar-refractivity contribution in [2.45, 2.75) is 32.6 Å². The van der Waals surface area contributed by atoms with Gasteiger partial charge in [-0.15, -0.1) is 0 Å². The summed E-state index contributed by atoms with van der Waals surface area (Å²) in [5, 5.41) is 4.21. The van der Waals surface area contributed by atoms with Crippen molar-refractivity contribution in [3.63, 3.8) is 0 Å². The molecule has 2 N–H and O–H groups in total. The van der Waals surface area contributed by atoms with E-state index in [4.69, 9.17) is 10.5 Å². The molecule has 1 unspecified atom stereocenters. The van der Waals surface area contributed by atoms with E-state index in [0.717, 1.165) is 25.4 Å². The SMILES string of the molecule is CC(COC(=O)CCCCC[PH](c1ccccc1)(c1ccccc1)c1ccccc1)C(N)=O. The molecule has 0 saturated heterocycles. The quantitative estimate of drug-likeness (QED) is 0.251. The summed E-state index contributed by atoms with van der Waals surface area (Å²) in [6.07, 6.45) is 4.17. The zero-order valence-corrected chi connectivity index (χ0v) is 20.3. The molecule has 0 aliphatic rings. The molecule has 1 amide bonds. The molecule has 33 heavy (non-hydrogen) atoms. The Morgan fingerprint density at radius 2 is 1.21 bits per heavy atom. The molecule has 1 atom stereocenters. The fourth-order valence-corrected chi connectivity index (χ4v) is 9.24. The first-order valence-corrected chi connectivity index (χ1v) is 13.9. The number of rotatable bonds is 12. The van der Waals surface area contributed by atoms with Crippen LogP contribution in [-0.2, 0) is 14.3 Å². The van der Waals surface area contributed by atoms with Gasteiger partial charge in [-0.05, 0) is 0 Å². The van der Waals surface area contributed by atoms with Crippen molar-refractivity contribution < 1.29 is 14.3 Å². The fourth-order valence-electron chi connectivity index (χ4n) is 4.31. The van der Waals surface area contributed by atoms with Crippen LogP contribution in [0.3, 0.4) is 0 Å². The second kappa shape index (κ2) is 12.3. The van der Waals surface area contributed by atoms with Crippen LogP contribution in [-0.4, -0.2) is 24.6 Å². The summed E-state index contributed by atoms with van der Waals surface area (Å²) in [6.45, 7) is 1.72. The number of hydrogen-bond acceptors (Lipinski definition) is 3. The van der Waals surface area contributed by atoms with Crippen molar-refractivity contribution in [3.8, 4) is 0 Å². The number of primary amides is 1. The Balaban J connectivity index is 1.72. The van der Waals surface area contributed by atoms with Crippen LogP contribution in [0.15, 0.2) is 91.0 Å². The molecule has 4 nitrogen and oxygen atoms in total. The van der Waals surface area contributed by atoms with Gasteiger partial charge in [0, 0.05) is 0 Å². The zero-order valence-electron chi connectivity index (χ0n) is 19.3. The maximum atomic E-state index is 12.0. The topological polar surface area (TPSA) is 69.4 Å². The van der Waals surface area contributed by atoms with Crippen LogP contribution in [0.5, 0.6) is 0 Å². The molecule has 174 valence electrons. The molecule has 0 saturated carbocycles. The summed E-state index contributed by atoms with van der Waals surface area (Å²) < 4.78 is 5.19. The van der Waals surface area contributed by atoms with E-state index in [1.54, 1.807) is 6.92 Å². The second-order valence-corrected chi connectivity index (χ2v) is 12.6. The molecule has 0 heterocycles. The van der Waals surface area contributed by atoms with Gasteiger partial charge < -0.3 is 0 Å². The van der Waals surface area contributed by atoms with Crippen molar-refractivity contribution in [3.05, 3.63) is 91.0 Å². The van der Waals surface area contributed by atoms with Crippen molar-refractivity contribution in [1.82, 2.24) is 0 Å². The van der Waals surface area contributed by atoms with E-state index in [0.29, 0.717) is 6.42 Å². The minimum absolute atomic E-state index is 0.0558. The number of benzene rings is 3. The number of ether oxygens (including phenoxy) is 1. The molecule has 3 aromatic carbocycles. The normalized spacial score (nSPS) is 12.6. The fraction of sp³-hybridized carbons (Fsp3) is 0.286. The van der Waals surface area contributed by atoms with Gasteiger partial charge in [0.05, 0.1) is 0 Å². The summed E-state index contributed by atoms with van der Waals surface area (Å²) in [6, 6.07) is 32.6. The van der Waals surface area contributed by atoms with E-state index in [-0.39, 0.29) is 12.6 Å². The van der Waals surface area contributed by atoms with Crippen LogP contribution in [0.1, 0.15) is 32.6 Å². The molecule has 0 spiro atoms. The number of carbonyl (C=O) groups is 2. The van der Waals surface area contributed by atoms with Crippen molar-refractivity contribution in [2.75, 3.05) is 12.8 Å². The Morgan fingerprint density at radius 1 is 0.758 bits per heavy atom. The van der Waals surface area contributed by atoms with Gasteiger partial charge in [0.25, 0.3) is 0 Å². The van der Waals surface area contributed by atoms with E-state index >= 15 is 0 Å². The Bertz CT molecular complexity index is 912. The summed E-state index contributed by atoms with van der Waals surface area (Å²) in [5.41, 5.74) is 5.22. The molecule has 3 aromatic rings. The average Bonchev–Trinajstić information content (AvgIpc) is 2.86. The zero-order chi connectivity index (χ0) is 23.5. The summed E-state index contributed by atoms with van der Waals surface area (Å²) in [4.78, 5) is 23.1.